The zero-order chi connectivity index (χ0) is 12.9. The first-order chi connectivity index (χ1) is 7.93. The van der Waals surface area contributed by atoms with Crippen molar-refractivity contribution in [3.63, 3.8) is 0 Å². The van der Waals surface area contributed by atoms with Gasteiger partial charge in [-0.3, -0.25) is 0 Å². The Hall–Kier alpha value is -0.550. The van der Waals surface area contributed by atoms with Crippen molar-refractivity contribution < 1.29 is 0 Å². The van der Waals surface area contributed by atoms with E-state index in [-0.39, 0.29) is 5.92 Å². The zero-order valence-corrected chi connectivity index (χ0v) is 11.9. The van der Waals surface area contributed by atoms with Crippen molar-refractivity contribution in [2.75, 3.05) is 13.1 Å². The predicted molar refractivity (Wildman–Crippen MR) is 72.5 cm³/mol. The van der Waals surface area contributed by atoms with Gasteiger partial charge in [-0.1, -0.05) is 20.8 Å². The number of nitriles is 1. The summed E-state index contributed by atoms with van der Waals surface area (Å²) in [6.45, 7) is 11.0. The molecule has 0 aromatic rings. The molecular formula is C15H28N2. The SMILES string of the molecule is CC(C#N)CNCC1CCC(C(C)(C)C)CC1. The van der Waals surface area contributed by atoms with Crippen molar-refractivity contribution in [1.82, 2.24) is 5.32 Å². The van der Waals surface area contributed by atoms with Gasteiger partial charge in [-0.25, -0.2) is 0 Å². The van der Waals surface area contributed by atoms with Crippen LogP contribution in [0.5, 0.6) is 0 Å². The van der Waals surface area contributed by atoms with E-state index >= 15 is 0 Å². The molecule has 2 heteroatoms. The molecule has 17 heavy (non-hydrogen) atoms. The molecule has 1 unspecified atom stereocenters. The summed E-state index contributed by atoms with van der Waals surface area (Å²) in [7, 11) is 0. The summed E-state index contributed by atoms with van der Waals surface area (Å²) in [6.07, 6.45) is 5.47. The highest BCUT2D eigenvalue weighted by Gasteiger charge is 2.29. The Morgan fingerprint density at radius 2 is 1.82 bits per heavy atom. The van der Waals surface area contributed by atoms with Gasteiger partial charge in [0.05, 0.1) is 12.0 Å². The summed E-state index contributed by atoms with van der Waals surface area (Å²) in [5.41, 5.74) is 0.480. The molecule has 1 atom stereocenters. The number of rotatable bonds is 4. The lowest BCUT2D eigenvalue weighted by atomic mass is 9.70. The van der Waals surface area contributed by atoms with E-state index in [2.05, 4.69) is 32.2 Å². The van der Waals surface area contributed by atoms with Crippen LogP contribution in [0.4, 0.5) is 0 Å². The fourth-order valence-electron chi connectivity index (χ4n) is 2.78. The molecule has 0 saturated heterocycles. The third kappa shape index (κ3) is 5.08. The predicted octanol–water partition coefficient (Wildman–Crippen LogP) is 3.59. The van der Waals surface area contributed by atoms with Crippen molar-refractivity contribution in [2.24, 2.45) is 23.2 Å². The molecule has 0 spiro atoms. The molecule has 0 aromatic heterocycles. The van der Waals surface area contributed by atoms with Gasteiger partial charge in [0, 0.05) is 6.54 Å². The van der Waals surface area contributed by atoms with E-state index < -0.39 is 0 Å². The molecule has 1 aliphatic rings. The lowest BCUT2D eigenvalue weighted by Crippen LogP contribution is -2.32. The number of hydrogen-bond donors (Lipinski definition) is 1. The largest absolute Gasteiger partial charge is 0.315 e. The molecule has 2 nitrogen and oxygen atoms in total. The van der Waals surface area contributed by atoms with Gasteiger partial charge in [0.1, 0.15) is 0 Å². The monoisotopic (exact) mass is 236 g/mol. The molecule has 1 fully saturated rings. The summed E-state index contributed by atoms with van der Waals surface area (Å²) < 4.78 is 0. The normalized spacial score (nSPS) is 27.5. The second-order valence-corrected chi connectivity index (χ2v) is 6.77. The van der Waals surface area contributed by atoms with Gasteiger partial charge in [0.2, 0.25) is 0 Å². The maximum Gasteiger partial charge on any atom is 0.0666 e. The smallest absolute Gasteiger partial charge is 0.0666 e. The molecule has 0 amide bonds. The fraction of sp³-hybridized carbons (Fsp3) is 0.933. The van der Waals surface area contributed by atoms with E-state index in [1.165, 1.54) is 25.7 Å². The summed E-state index contributed by atoms with van der Waals surface area (Å²) in [5, 5.41) is 12.1. The van der Waals surface area contributed by atoms with Crippen LogP contribution in [0.25, 0.3) is 0 Å². The first-order valence-corrected chi connectivity index (χ1v) is 7.03. The van der Waals surface area contributed by atoms with E-state index in [0.717, 1.165) is 24.9 Å². The average molecular weight is 236 g/mol. The fourth-order valence-corrected chi connectivity index (χ4v) is 2.78. The highest BCUT2D eigenvalue weighted by atomic mass is 14.9. The number of nitrogens with one attached hydrogen (secondary N) is 1. The Bertz CT molecular complexity index is 251. The molecule has 98 valence electrons. The van der Waals surface area contributed by atoms with Crippen molar-refractivity contribution in [2.45, 2.75) is 53.4 Å². The first-order valence-electron chi connectivity index (χ1n) is 7.03. The number of hydrogen-bond acceptors (Lipinski definition) is 2. The molecule has 0 heterocycles. The minimum Gasteiger partial charge on any atom is -0.315 e. The Kier molecular flexibility index (Phi) is 5.46. The van der Waals surface area contributed by atoms with Gasteiger partial charge in [0.25, 0.3) is 0 Å². The van der Waals surface area contributed by atoms with Crippen molar-refractivity contribution in [3.05, 3.63) is 0 Å². The van der Waals surface area contributed by atoms with Gasteiger partial charge >= 0.3 is 0 Å². The maximum atomic E-state index is 8.71. The van der Waals surface area contributed by atoms with Crippen LogP contribution in [-0.4, -0.2) is 13.1 Å². The van der Waals surface area contributed by atoms with Crippen LogP contribution >= 0.6 is 0 Å². The minimum absolute atomic E-state index is 0.140. The lowest BCUT2D eigenvalue weighted by molar-refractivity contribution is 0.149. The molecule has 0 aliphatic heterocycles. The minimum atomic E-state index is 0.140. The van der Waals surface area contributed by atoms with Crippen LogP contribution in [0.2, 0.25) is 0 Å². The summed E-state index contributed by atoms with van der Waals surface area (Å²) >= 11 is 0. The summed E-state index contributed by atoms with van der Waals surface area (Å²) in [6, 6.07) is 2.27. The van der Waals surface area contributed by atoms with E-state index in [1.54, 1.807) is 0 Å². The Morgan fingerprint density at radius 3 is 2.29 bits per heavy atom. The molecule has 0 bridgehead atoms. The summed E-state index contributed by atoms with van der Waals surface area (Å²) in [4.78, 5) is 0. The second-order valence-electron chi connectivity index (χ2n) is 6.77. The van der Waals surface area contributed by atoms with Crippen LogP contribution in [0, 0.1) is 34.5 Å². The Balaban J connectivity index is 2.18. The van der Waals surface area contributed by atoms with Gasteiger partial charge < -0.3 is 5.32 Å². The van der Waals surface area contributed by atoms with E-state index in [0.29, 0.717) is 5.41 Å². The Labute approximate surface area is 107 Å². The van der Waals surface area contributed by atoms with Gasteiger partial charge in [-0.05, 0) is 56.4 Å². The molecule has 1 saturated carbocycles. The van der Waals surface area contributed by atoms with Gasteiger partial charge in [-0.15, -0.1) is 0 Å². The van der Waals surface area contributed by atoms with Crippen LogP contribution in [-0.2, 0) is 0 Å². The Morgan fingerprint density at radius 1 is 1.24 bits per heavy atom. The van der Waals surface area contributed by atoms with Gasteiger partial charge in [-0.2, -0.15) is 5.26 Å². The van der Waals surface area contributed by atoms with Crippen LogP contribution in [0.1, 0.15) is 53.4 Å². The molecule has 0 radical (unpaired) electrons. The molecule has 1 rings (SSSR count). The molecule has 1 N–H and O–H groups in total. The molecular weight excluding hydrogens is 208 g/mol. The topological polar surface area (TPSA) is 35.8 Å². The van der Waals surface area contributed by atoms with Gasteiger partial charge in [0.15, 0.2) is 0 Å². The average Bonchev–Trinajstić information content (AvgIpc) is 2.28. The van der Waals surface area contributed by atoms with Crippen molar-refractivity contribution in [3.8, 4) is 6.07 Å². The van der Waals surface area contributed by atoms with Crippen LogP contribution < -0.4 is 5.32 Å². The standard InChI is InChI=1S/C15H28N2/c1-12(9-16)10-17-11-13-5-7-14(8-6-13)15(2,3)4/h12-14,17H,5-8,10-11H2,1-4H3. The molecule has 1 aliphatic carbocycles. The third-order valence-electron chi connectivity index (χ3n) is 4.18. The summed E-state index contributed by atoms with van der Waals surface area (Å²) in [5.74, 6) is 1.87. The zero-order valence-electron chi connectivity index (χ0n) is 11.9. The highest BCUT2D eigenvalue weighted by molar-refractivity contribution is 4.83. The lowest BCUT2D eigenvalue weighted by Gasteiger charge is -2.37. The van der Waals surface area contributed by atoms with Crippen LogP contribution in [0.15, 0.2) is 0 Å². The molecule has 0 aromatic carbocycles. The quantitative estimate of drug-likeness (QED) is 0.809. The number of nitrogens with zero attached hydrogens (tertiary/aromatic N) is 1. The van der Waals surface area contributed by atoms with E-state index in [9.17, 15) is 0 Å². The second kappa shape index (κ2) is 6.40. The first kappa shape index (κ1) is 14.5. The van der Waals surface area contributed by atoms with Crippen molar-refractivity contribution in [1.29, 1.82) is 5.26 Å². The maximum absolute atomic E-state index is 8.71. The van der Waals surface area contributed by atoms with E-state index in [1.807, 2.05) is 6.92 Å². The van der Waals surface area contributed by atoms with Crippen molar-refractivity contribution >= 4 is 0 Å². The third-order valence-corrected chi connectivity index (χ3v) is 4.18. The highest BCUT2D eigenvalue weighted by Crippen LogP contribution is 2.39. The van der Waals surface area contributed by atoms with E-state index in [4.69, 9.17) is 5.26 Å². The van der Waals surface area contributed by atoms with Crippen LogP contribution in [0.3, 0.4) is 0 Å².